The highest BCUT2D eigenvalue weighted by Crippen LogP contribution is 2.26. The fourth-order valence-corrected chi connectivity index (χ4v) is 2.48. The molecule has 2 rings (SSSR count). The maximum Gasteiger partial charge on any atom is 0.0597 e. The highest BCUT2D eigenvalue weighted by atomic mass is 16.3. The van der Waals surface area contributed by atoms with Crippen molar-refractivity contribution in [3.63, 3.8) is 0 Å². The first-order valence-corrected chi connectivity index (χ1v) is 6.62. The van der Waals surface area contributed by atoms with Crippen molar-refractivity contribution >= 4 is 0 Å². The molecule has 4 heteroatoms. The molecule has 17 heavy (non-hydrogen) atoms. The van der Waals surface area contributed by atoms with E-state index < -0.39 is 0 Å². The van der Waals surface area contributed by atoms with E-state index in [1.165, 1.54) is 25.0 Å². The van der Waals surface area contributed by atoms with Gasteiger partial charge in [-0.3, -0.25) is 9.58 Å². The van der Waals surface area contributed by atoms with Gasteiger partial charge in [0.15, 0.2) is 0 Å². The van der Waals surface area contributed by atoms with Gasteiger partial charge in [0.05, 0.1) is 18.0 Å². The Bertz CT molecular complexity index is 358. The molecule has 0 amide bonds. The Morgan fingerprint density at radius 1 is 1.53 bits per heavy atom. The van der Waals surface area contributed by atoms with Crippen LogP contribution in [0.4, 0.5) is 0 Å². The summed E-state index contributed by atoms with van der Waals surface area (Å²) in [4.78, 5) is 2.39. The summed E-state index contributed by atoms with van der Waals surface area (Å²) in [7, 11) is 0. The molecular weight excluding hydrogens is 214 g/mol. The van der Waals surface area contributed by atoms with Crippen molar-refractivity contribution in [1.29, 1.82) is 0 Å². The first-order chi connectivity index (χ1) is 8.24. The molecule has 1 aromatic rings. The number of aliphatic hydroxyl groups is 1. The Labute approximate surface area is 103 Å². The lowest BCUT2D eigenvalue weighted by Gasteiger charge is -2.37. The molecule has 1 aliphatic rings. The second kappa shape index (κ2) is 5.65. The lowest BCUT2D eigenvalue weighted by molar-refractivity contribution is 0.0919. The molecule has 1 aliphatic carbocycles. The minimum atomic E-state index is 0.246. The molecule has 1 fully saturated rings. The molecule has 0 atom stereocenters. The second-order valence-corrected chi connectivity index (χ2v) is 4.87. The largest absolute Gasteiger partial charge is 0.395 e. The summed E-state index contributed by atoms with van der Waals surface area (Å²) in [5, 5.41) is 13.6. The van der Waals surface area contributed by atoms with Crippen molar-refractivity contribution in [3.05, 3.63) is 17.5 Å². The Balaban J connectivity index is 2.04. The Morgan fingerprint density at radius 2 is 2.29 bits per heavy atom. The van der Waals surface area contributed by atoms with E-state index in [4.69, 9.17) is 5.11 Å². The highest BCUT2D eigenvalue weighted by molar-refractivity contribution is 5.09. The van der Waals surface area contributed by atoms with E-state index in [1.54, 1.807) is 0 Å². The number of aryl methyl sites for hydroxylation is 2. The molecule has 0 aromatic carbocycles. The van der Waals surface area contributed by atoms with Crippen molar-refractivity contribution in [2.75, 3.05) is 13.2 Å². The third kappa shape index (κ3) is 2.87. The number of rotatable bonds is 6. The maximum atomic E-state index is 9.15. The summed E-state index contributed by atoms with van der Waals surface area (Å²) in [5.41, 5.74) is 2.35. The van der Waals surface area contributed by atoms with Gasteiger partial charge in [-0.05, 0) is 32.8 Å². The Hall–Kier alpha value is -0.870. The smallest absolute Gasteiger partial charge is 0.0597 e. The monoisotopic (exact) mass is 237 g/mol. The summed E-state index contributed by atoms with van der Waals surface area (Å²) in [6.07, 6.45) is 3.89. The zero-order valence-electron chi connectivity index (χ0n) is 10.9. The second-order valence-electron chi connectivity index (χ2n) is 4.87. The maximum absolute atomic E-state index is 9.15. The quantitative estimate of drug-likeness (QED) is 0.816. The zero-order valence-corrected chi connectivity index (χ0v) is 10.9. The number of aromatic nitrogens is 2. The summed E-state index contributed by atoms with van der Waals surface area (Å²) < 4.78 is 2.07. The average molecular weight is 237 g/mol. The van der Waals surface area contributed by atoms with E-state index in [1.807, 2.05) is 6.92 Å². The fourth-order valence-electron chi connectivity index (χ4n) is 2.48. The van der Waals surface area contributed by atoms with E-state index in [-0.39, 0.29) is 6.61 Å². The summed E-state index contributed by atoms with van der Waals surface area (Å²) >= 11 is 0. The van der Waals surface area contributed by atoms with Crippen molar-refractivity contribution < 1.29 is 5.11 Å². The molecule has 0 saturated heterocycles. The van der Waals surface area contributed by atoms with Crippen LogP contribution in [0.1, 0.15) is 37.6 Å². The molecule has 1 N–H and O–H groups in total. The van der Waals surface area contributed by atoms with Gasteiger partial charge < -0.3 is 5.11 Å². The van der Waals surface area contributed by atoms with Crippen molar-refractivity contribution in [2.24, 2.45) is 0 Å². The summed E-state index contributed by atoms with van der Waals surface area (Å²) in [5.74, 6) is 0. The predicted molar refractivity (Wildman–Crippen MR) is 67.8 cm³/mol. The van der Waals surface area contributed by atoms with Crippen molar-refractivity contribution in [3.8, 4) is 0 Å². The van der Waals surface area contributed by atoms with Gasteiger partial charge >= 0.3 is 0 Å². The van der Waals surface area contributed by atoms with Crippen LogP contribution in [0, 0.1) is 6.92 Å². The van der Waals surface area contributed by atoms with Gasteiger partial charge in [0.25, 0.3) is 0 Å². The lowest BCUT2D eigenvalue weighted by atomic mass is 9.91. The molecule has 4 nitrogen and oxygen atoms in total. The Kier molecular flexibility index (Phi) is 4.18. The fraction of sp³-hybridized carbons (Fsp3) is 0.769. The normalized spacial score (nSPS) is 16.5. The molecule has 1 aromatic heterocycles. The number of hydrogen-bond acceptors (Lipinski definition) is 3. The van der Waals surface area contributed by atoms with E-state index in [0.717, 1.165) is 25.3 Å². The minimum absolute atomic E-state index is 0.246. The van der Waals surface area contributed by atoms with Crippen LogP contribution >= 0.6 is 0 Å². The first kappa shape index (κ1) is 12.6. The van der Waals surface area contributed by atoms with Crippen LogP contribution in [-0.2, 0) is 13.1 Å². The van der Waals surface area contributed by atoms with E-state index >= 15 is 0 Å². The van der Waals surface area contributed by atoms with Gasteiger partial charge in [-0.25, -0.2) is 0 Å². The van der Waals surface area contributed by atoms with Crippen LogP contribution in [0.3, 0.4) is 0 Å². The molecule has 0 radical (unpaired) electrons. The summed E-state index contributed by atoms with van der Waals surface area (Å²) in [6.45, 7) is 7.01. The number of aliphatic hydroxyl groups excluding tert-OH is 1. The van der Waals surface area contributed by atoms with Crippen molar-refractivity contribution in [2.45, 2.75) is 52.2 Å². The third-order valence-electron chi connectivity index (χ3n) is 3.63. The van der Waals surface area contributed by atoms with Crippen molar-refractivity contribution in [1.82, 2.24) is 14.7 Å². The van der Waals surface area contributed by atoms with Crippen LogP contribution in [0.2, 0.25) is 0 Å². The van der Waals surface area contributed by atoms with Gasteiger partial charge in [-0.15, -0.1) is 0 Å². The standard InChI is InChI=1S/C13H23N3O/c1-3-16-13(9-11(2)14-16)10-15(7-8-17)12-5-4-6-12/h9,12,17H,3-8,10H2,1-2H3. The molecule has 96 valence electrons. The molecule has 0 bridgehead atoms. The van der Waals surface area contributed by atoms with E-state index in [9.17, 15) is 0 Å². The van der Waals surface area contributed by atoms with Gasteiger partial charge in [0.2, 0.25) is 0 Å². The van der Waals surface area contributed by atoms with Crippen LogP contribution in [0.5, 0.6) is 0 Å². The lowest BCUT2D eigenvalue weighted by Crippen LogP contribution is -2.41. The van der Waals surface area contributed by atoms with Crippen LogP contribution in [0.25, 0.3) is 0 Å². The van der Waals surface area contributed by atoms with E-state index in [0.29, 0.717) is 6.04 Å². The topological polar surface area (TPSA) is 41.3 Å². The Morgan fingerprint density at radius 3 is 2.82 bits per heavy atom. The first-order valence-electron chi connectivity index (χ1n) is 6.62. The van der Waals surface area contributed by atoms with Crippen LogP contribution in [-0.4, -0.2) is 39.0 Å². The van der Waals surface area contributed by atoms with Gasteiger partial charge in [0, 0.05) is 25.7 Å². The third-order valence-corrected chi connectivity index (χ3v) is 3.63. The zero-order chi connectivity index (χ0) is 12.3. The minimum Gasteiger partial charge on any atom is -0.395 e. The van der Waals surface area contributed by atoms with Crippen LogP contribution < -0.4 is 0 Å². The average Bonchev–Trinajstić information content (AvgIpc) is 2.56. The number of nitrogens with zero attached hydrogens (tertiary/aromatic N) is 3. The molecule has 1 heterocycles. The van der Waals surface area contributed by atoms with E-state index in [2.05, 4.69) is 27.7 Å². The van der Waals surface area contributed by atoms with Crippen LogP contribution in [0.15, 0.2) is 6.07 Å². The van der Waals surface area contributed by atoms with Gasteiger partial charge in [-0.2, -0.15) is 5.10 Å². The molecule has 1 saturated carbocycles. The highest BCUT2D eigenvalue weighted by Gasteiger charge is 2.25. The number of hydrogen-bond donors (Lipinski definition) is 1. The molecule has 0 spiro atoms. The molecule has 0 aliphatic heterocycles. The molecule has 0 unspecified atom stereocenters. The predicted octanol–water partition coefficient (Wildman–Crippen LogP) is 1.56. The SMILES string of the molecule is CCn1nc(C)cc1CN(CCO)C1CCC1. The van der Waals surface area contributed by atoms with Gasteiger partial charge in [-0.1, -0.05) is 6.42 Å². The molecular formula is C13H23N3O. The van der Waals surface area contributed by atoms with Gasteiger partial charge in [0.1, 0.15) is 0 Å². The summed E-state index contributed by atoms with van der Waals surface area (Å²) in [6, 6.07) is 2.83.